The summed E-state index contributed by atoms with van der Waals surface area (Å²) in [6.45, 7) is 0.344. The summed E-state index contributed by atoms with van der Waals surface area (Å²) in [7, 11) is 0. The first kappa shape index (κ1) is 17.6. The third-order valence-corrected chi connectivity index (χ3v) is 5.13. The Kier molecular flexibility index (Phi) is 3.98. The van der Waals surface area contributed by atoms with Crippen molar-refractivity contribution in [3.05, 3.63) is 71.2 Å². The quantitative estimate of drug-likeness (QED) is 0.632. The fourth-order valence-corrected chi connectivity index (χ4v) is 3.39. The van der Waals surface area contributed by atoms with E-state index in [0.29, 0.717) is 6.54 Å². The van der Waals surface area contributed by atoms with Gasteiger partial charge in [-0.25, -0.2) is 4.39 Å². The van der Waals surface area contributed by atoms with E-state index in [1.807, 2.05) is 6.20 Å². The minimum absolute atomic E-state index is 0.170. The molecule has 3 nitrogen and oxygen atoms in total. The van der Waals surface area contributed by atoms with E-state index >= 15 is 0 Å². The Morgan fingerprint density at radius 3 is 2.44 bits per heavy atom. The number of alkyl halides is 3. The smallest absolute Gasteiger partial charge is 0.361 e. The van der Waals surface area contributed by atoms with Gasteiger partial charge in [-0.3, -0.25) is 4.79 Å². The Morgan fingerprint density at radius 2 is 1.81 bits per heavy atom. The lowest BCUT2D eigenvalue weighted by Gasteiger charge is -2.16. The van der Waals surface area contributed by atoms with Crippen LogP contribution in [-0.2, 0) is 11.6 Å². The van der Waals surface area contributed by atoms with Gasteiger partial charge in [0.1, 0.15) is 5.82 Å². The summed E-state index contributed by atoms with van der Waals surface area (Å²) < 4.78 is 51.4. The second-order valence-corrected chi connectivity index (χ2v) is 6.93. The third kappa shape index (κ3) is 3.29. The number of nitrogens with one attached hydrogen (secondary N) is 2. The van der Waals surface area contributed by atoms with Crippen LogP contribution >= 0.6 is 0 Å². The van der Waals surface area contributed by atoms with Gasteiger partial charge >= 0.3 is 6.18 Å². The molecule has 1 aliphatic rings. The summed E-state index contributed by atoms with van der Waals surface area (Å²) in [5, 5.41) is 3.59. The fraction of sp³-hybridized carbons (Fsp3) is 0.250. The van der Waals surface area contributed by atoms with Gasteiger partial charge in [0, 0.05) is 34.6 Å². The molecule has 0 radical (unpaired) electrons. The van der Waals surface area contributed by atoms with Gasteiger partial charge in [-0.1, -0.05) is 0 Å². The zero-order valence-corrected chi connectivity index (χ0v) is 14.2. The first-order chi connectivity index (χ1) is 12.8. The molecule has 1 aliphatic carbocycles. The second kappa shape index (κ2) is 6.11. The first-order valence-corrected chi connectivity index (χ1v) is 8.51. The Labute approximate surface area is 152 Å². The molecule has 1 heterocycles. The molecule has 2 aromatic carbocycles. The van der Waals surface area contributed by atoms with Crippen LogP contribution in [-0.4, -0.2) is 17.4 Å². The number of benzene rings is 2. The predicted molar refractivity (Wildman–Crippen MR) is 92.9 cm³/mol. The maximum absolute atomic E-state index is 13.6. The number of carbonyl (C=O) groups excluding carboxylic acids is 1. The molecular weight excluding hydrogens is 360 g/mol. The van der Waals surface area contributed by atoms with Gasteiger partial charge < -0.3 is 10.3 Å². The number of fused-ring (bicyclic) bond motifs is 1. The number of H-pyrrole nitrogens is 1. The molecule has 7 heteroatoms. The standard InChI is InChI=1S/C20H16F4N2O/c21-14-5-6-17-15(9-14)16(10-25-17)19(7-8-19)11-26-18(27)12-1-3-13(4-2-12)20(22,23)24/h1-6,9-10,25H,7-8,11H2,(H,26,27). The van der Waals surface area contributed by atoms with Crippen LogP contribution < -0.4 is 5.32 Å². The molecule has 140 valence electrons. The lowest BCUT2D eigenvalue weighted by molar-refractivity contribution is -0.137. The van der Waals surface area contributed by atoms with Crippen LogP contribution in [0.5, 0.6) is 0 Å². The number of hydrogen-bond acceptors (Lipinski definition) is 1. The molecule has 1 amide bonds. The summed E-state index contributed by atoms with van der Waals surface area (Å²) in [6, 6.07) is 8.64. The van der Waals surface area contributed by atoms with Crippen molar-refractivity contribution in [1.29, 1.82) is 0 Å². The highest BCUT2D eigenvalue weighted by Crippen LogP contribution is 2.50. The van der Waals surface area contributed by atoms with Crippen molar-refractivity contribution < 1.29 is 22.4 Å². The van der Waals surface area contributed by atoms with Crippen molar-refractivity contribution in [2.24, 2.45) is 0 Å². The van der Waals surface area contributed by atoms with E-state index in [1.165, 1.54) is 24.3 Å². The zero-order valence-electron chi connectivity index (χ0n) is 14.2. The number of aromatic nitrogens is 1. The third-order valence-electron chi connectivity index (χ3n) is 5.13. The van der Waals surface area contributed by atoms with Gasteiger partial charge in [-0.15, -0.1) is 0 Å². The molecule has 1 saturated carbocycles. The van der Waals surface area contributed by atoms with E-state index in [0.717, 1.165) is 41.4 Å². The number of halogens is 4. The number of carbonyl (C=O) groups is 1. The normalized spacial score (nSPS) is 15.7. The minimum atomic E-state index is -4.43. The molecule has 27 heavy (non-hydrogen) atoms. The molecule has 3 aromatic rings. The van der Waals surface area contributed by atoms with Gasteiger partial charge in [0.25, 0.3) is 5.91 Å². The van der Waals surface area contributed by atoms with Crippen molar-refractivity contribution in [2.45, 2.75) is 24.4 Å². The van der Waals surface area contributed by atoms with Gasteiger partial charge in [0.15, 0.2) is 0 Å². The zero-order chi connectivity index (χ0) is 19.2. The summed E-state index contributed by atoms with van der Waals surface area (Å²) in [6.07, 6.45) is -0.896. The second-order valence-electron chi connectivity index (χ2n) is 6.93. The highest BCUT2D eigenvalue weighted by Gasteiger charge is 2.46. The number of hydrogen-bond donors (Lipinski definition) is 2. The monoisotopic (exact) mass is 376 g/mol. The summed E-state index contributed by atoms with van der Waals surface area (Å²) in [5.74, 6) is -0.756. The maximum Gasteiger partial charge on any atom is 0.416 e. The van der Waals surface area contributed by atoms with Crippen molar-refractivity contribution in [1.82, 2.24) is 10.3 Å². The molecule has 0 aliphatic heterocycles. The van der Waals surface area contributed by atoms with Crippen molar-refractivity contribution in [3.63, 3.8) is 0 Å². The molecule has 0 unspecified atom stereocenters. The SMILES string of the molecule is O=C(NCC1(c2c[nH]c3ccc(F)cc23)CC1)c1ccc(C(F)(F)F)cc1. The van der Waals surface area contributed by atoms with Crippen LogP contribution in [0.2, 0.25) is 0 Å². The topological polar surface area (TPSA) is 44.9 Å². The first-order valence-electron chi connectivity index (χ1n) is 8.51. The molecule has 1 aromatic heterocycles. The minimum Gasteiger partial charge on any atom is -0.361 e. The van der Waals surface area contributed by atoms with Crippen LogP contribution in [0.1, 0.15) is 34.3 Å². The van der Waals surface area contributed by atoms with E-state index in [1.54, 1.807) is 6.07 Å². The molecule has 0 atom stereocenters. The van der Waals surface area contributed by atoms with Crippen molar-refractivity contribution in [2.75, 3.05) is 6.54 Å². The molecule has 4 rings (SSSR count). The predicted octanol–water partition coefficient (Wildman–Crippen LogP) is 4.79. The average Bonchev–Trinajstić information content (AvgIpc) is 3.30. The highest BCUT2D eigenvalue weighted by molar-refractivity contribution is 5.94. The summed E-state index contributed by atoms with van der Waals surface area (Å²) in [4.78, 5) is 15.4. The number of aromatic amines is 1. The Bertz CT molecular complexity index is 1000. The number of rotatable bonds is 4. The summed E-state index contributed by atoms with van der Waals surface area (Å²) in [5.41, 5.74) is 0.881. The van der Waals surface area contributed by atoms with E-state index in [-0.39, 0.29) is 16.8 Å². The Hall–Kier alpha value is -2.83. The Morgan fingerprint density at radius 1 is 1.11 bits per heavy atom. The molecule has 0 saturated heterocycles. The van der Waals surface area contributed by atoms with Gasteiger partial charge in [-0.2, -0.15) is 13.2 Å². The average molecular weight is 376 g/mol. The van der Waals surface area contributed by atoms with Crippen LogP contribution in [0.3, 0.4) is 0 Å². The molecule has 1 fully saturated rings. The molecule has 0 bridgehead atoms. The fourth-order valence-electron chi connectivity index (χ4n) is 3.39. The van der Waals surface area contributed by atoms with Gasteiger partial charge in [0.05, 0.1) is 5.56 Å². The van der Waals surface area contributed by atoms with E-state index in [2.05, 4.69) is 10.3 Å². The van der Waals surface area contributed by atoms with E-state index in [4.69, 9.17) is 0 Å². The number of amides is 1. The highest BCUT2D eigenvalue weighted by atomic mass is 19.4. The van der Waals surface area contributed by atoms with Crippen molar-refractivity contribution in [3.8, 4) is 0 Å². The van der Waals surface area contributed by atoms with Crippen LogP contribution in [0.4, 0.5) is 17.6 Å². The van der Waals surface area contributed by atoms with Crippen LogP contribution in [0.15, 0.2) is 48.7 Å². The lowest BCUT2D eigenvalue weighted by atomic mass is 9.95. The lowest BCUT2D eigenvalue weighted by Crippen LogP contribution is -2.32. The van der Waals surface area contributed by atoms with Gasteiger partial charge in [0.2, 0.25) is 0 Å². The Balaban J connectivity index is 1.49. The molecule has 0 spiro atoms. The molecule has 2 N–H and O–H groups in total. The largest absolute Gasteiger partial charge is 0.416 e. The van der Waals surface area contributed by atoms with Crippen molar-refractivity contribution >= 4 is 16.8 Å². The van der Waals surface area contributed by atoms with E-state index in [9.17, 15) is 22.4 Å². The maximum atomic E-state index is 13.6. The van der Waals surface area contributed by atoms with Gasteiger partial charge in [-0.05, 0) is 60.9 Å². The molecular formula is C20H16F4N2O. The summed E-state index contributed by atoms with van der Waals surface area (Å²) >= 11 is 0. The van der Waals surface area contributed by atoms with E-state index < -0.39 is 17.6 Å². The van der Waals surface area contributed by atoms with Crippen LogP contribution in [0.25, 0.3) is 10.9 Å². The van der Waals surface area contributed by atoms with Crippen LogP contribution in [0, 0.1) is 5.82 Å².